The van der Waals surface area contributed by atoms with E-state index in [1.54, 1.807) is 0 Å². The number of halogens is 3. The first-order valence-corrected chi connectivity index (χ1v) is 4.65. The number of rotatable bonds is 4. The summed E-state index contributed by atoms with van der Waals surface area (Å²) in [6.45, 7) is -0.229. The summed E-state index contributed by atoms with van der Waals surface area (Å²) in [5, 5.41) is 8.61. The number of aliphatic carboxylic acids is 1. The van der Waals surface area contributed by atoms with E-state index in [0.717, 1.165) is 6.20 Å². The van der Waals surface area contributed by atoms with Crippen molar-refractivity contribution in [1.82, 2.24) is 4.98 Å². The van der Waals surface area contributed by atoms with Crippen molar-refractivity contribution in [1.29, 1.82) is 0 Å². The molecule has 4 N–H and O–H groups in total. The summed E-state index contributed by atoms with van der Waals surface area (Å²) in [6.07, 6.45) is -4.82. The van der Waals surface area contributed by atoms with Gasteiger partial charge in [-0.05, 0) is 5.56 Å². The second kappa shape index (κ2) is 5.08. The lowest BCUT2D eigenvalue weighted by Crippen LogP contribution is -2.26. The molecule has 0 aromatic carbocycles. The van der Waals surface area contributed by atoms with Crippen LogP contribution in [0.15, 0.2) is 11.0 Å². The van der Waals surface area contributed by atoms with Crippen LogP contribution in [-0.2, 0) is 17.8 Å². The lowest BCUT2D eigenvalue weighted by Gasteiger charge is -2.13. The zero-order valence-corrected chi connectivity index (χ0v) is 8.87. The van der Waals surface area contributed by atoms with Crippen LogP contribution >= 0.6 is 0 Å². The normalized spacial score (nSPS) is 11.3. The molecule has 0 spiro atoms. The number of hydrogen-bond acceptors (Lipinski definition) is 4. The van der Waals surface area contributed by atoms with Gasteiger partial charge in [0.2, 0.25) is 0 Å². The van der Waals surface area contributed by atoms with Crippen LogP contribution < -0.4 is 16.0 Å². The number of ether oxygens (including phenoxy) is 1. The number of aromatic nitrogens is 1. The molecule has 0 aliphatic carbocycles. The van der Waals surface area contributed by atoms with E-state index >= 15 is 0 Å². The number of hydrogen-bond donors (Lipinski definition) is 3. The average Bonchev–Trinajstić information content (AvgIpc) is 2.21. The van der Waals surface area contributed by atoms with E-state index in [9.17, 15) is 22.8 Å². The number of pyridine rings is 1. The van der Waals surface area contributed by atoms with Crippen LogP contribution in [0.25, 0.3) is 0 Å². The maximum absolute atomic E-state index is 12.1. The quantitative estimate of drug-likeness (QED) is 0.729. The summed E-state index contributed by atoms with van der Waals surface area (Å²) in [5.41, 5.74) is 3.77. The molecule has 0 saturated carbocycles. The molecule has 0 atom stereocenters. The van der Waals surface area contributed by atoms with Gasteiger partial charge >= 0.3 is 12.3 Å². The third-order valence-corrected chi connectivity index (χ3v) is 2.01. The second-order valence-electron chi connectivity index (χ2n) is 3.27. The smallest absolute Gasteiger partial charge is 0.481 e. The molecule has 100 valence electrons. The predicted molar refractivity (Wildman–Crippen MR) is 53.0 cm³/mol. The Morgan fingerprint density at radius 3 is 2.56 bits per heavy atom. The first-order chi connectivity index (χ1) is 8.24. The Labute approximate surface area is 98.2 Å². The molecule has 0 aliphatic heterocycles. The molecule has 0 saturated heterocycles. The van der Waals surface area contributed by atoms with Crippen molar-refractivity contribution in [2.75, 3.05) is 0 Å². The summed E-state index contributed by atoms with van der Waals surface area (Å²) in [7, 11) is 0. The van der Waals surface area contributed by atoms with Crippen LogP contribution in [0.1, 0.15) is 11.1 Å². The molecular weight excluding hydrogens is 257 g/mol. The first-order valence-electron chi connectivity index (χ1n) is 4.65. The number of nitrogens with two attached hydrogens (primary N) is 1. The van der Waals surface area contributed by atoms with Gasteiger partial charge in [-0.15, -0.1) is 13.2 Å². The van der Waals surface area contributed by atoms with E-state index in [-0.39, 0.29) is 17.7 Å². The minimum absolute atomic E-state index is 0.0660. The van der Waals surface area contributed by atoms with Gasteiger partial charge in [0.05, 0.1) is 6.42 Å². The van der Waals surface area contributed by atoms with E-state index in [0.29, 0.717) is 0 Å². The Hall–Kier alpha value is -2.03. The molecule has 1 aromatic heterocycles. The van der Waals surface area contributed by atoms with E-state index in [2.05, 4.69) is 4.74 Å². The Morgan fingerprint density at radius 2 is 2.11 bits per heavy atom. The van der Waals surface area contributed by atoms with Crippen molar-refractivity contribution >= 4 is 5.97 Å². The lowest BCUT2D eigenvalue weighted by atomic mass is 10.1. The van der Waals surface area contributed by atoms with Gasteiger partial charge in [-0.3, -0.25) is 9.59 Å². The van der Waals surface area contributed by atoms with Crippen LogP contribution in [0, 0.1) is 0 Å². The second-order valence-corrected chi connectivity index (χ2v) is 3.27. The Bertz CT molecular complexity index is 510. The fourth-order valence-corrected chi connectivity index (χ4v) is 1.34. The van der Waals surface area contributed by atoms with Gasteiger partial charge in [0, 0.05) is 18.3 Å². The lowest BCUT2D eigenvalue weighted by molar-refractivity contribution is -0.275. The highest BCUT2D eigenvalue weighted by molar-refractivity contribution is 5.72. The van der Waals surface area contributed by atoms with Gasteiger partial charge in [-0.2, -0.15) is 0 Å². The summed E-state index contributed by atoms with van der Waals surface area (Å²) in [4.78, 5) is 23.8. The minimum Gasteiger partial charge on any atom is -0.481 e. The highest BCUT2D eigenvalue weighted by Crippen LogP contribution is 2.25. The number of alkyl halides is 3. The topological polar surface area (TPSA) is 105 Å². The summed E-state index contributed by atoms with van der Waals surface area (Å²) in [5.74, 6) is -2.49. The van der Waals surface area contributed by atoms with Crippen LogP contribution in [0.5, 0.6) is 5.75 Å². The highest BCUT2D eigenvalue weighted by Gasteiger charge is 2.34. The van der Waals surface area contributed by atoms with Gasteiger partial charge in [-0.25, -0.2) is 0 Å². The molecule has 1 heterocycles. The van der Waals surface area contributed by atoms with Crippen molar-refractivity contribution in [2.24, 2.45) is 5.73 Å². The molecule has 0 radical (unpaired) electrons. The molecule has 0 fully saturated rings. The Balaban J connectivity index is 3.35. The molecule has 18 heavy (non-hydrogen) atoms. The monoisotopic (exact) mass is 266 g/mol. The van der Waals surface area contributed by atoms with Crippen molar-refractivity contribution < 1.29 is 27.8 Å². The molecule has 0 bridgehead atoms. The summed E-state index contributed by atoms with van der Waals surface area (Å²) >= 11 is 0. The van der Waals surface area contributed by atoms with Crippen LogP contribution in [0.4, 0.5) is 13.2 Å². The van der Waals surface area contributed by atoms with Gasteiger partial charge < -0.3 is 20.6 Å². The third kappa shape index (κ3) is 3.48. The predicted octanol–water partition coefficient (Wildman–Crippen LogP) is 0.359. The number of H-pyrrole nitrogens is 1. The molecule has 1 rings (SSSR count). The standard InChI is InChI=1S/C9H9F3N2O4/c10-9(11,12)18-7-5(1-6(15)16)4(2-13)3-14-8(7)17/h3H,1-2,13H2,(H,14,17)(H,15,16). The summed E-state index contributed by atoms with van der Waals surface area (Å²) < 4.78 is 39.9. The number of aromatic amines is 1. The highest BCUT2D eigenvalue weighted by atomic mass is 19.4. The molecule has 0 unspecified atom stereocenters. The third-order valence-electron chi connectivity index (χ3n) is 2.01. The SMILES string of the molecule is NCc1c[nH]c(=O)c(OC(F)(F)F)c1CC(=O)O. The maximum Gasteiger partial charge on any atom is 0.573 e. The molecule has 9 heteroatoms. The molecule has 0 aliphatic rings. The molecular formula is C9H9F3N2O4. The van der Waals surface area contributed by atoms with E-state index in [4.69, 9.17) is 10.8 Å². The Morgan fingerprint density at radius 1 is 1.50 bits per heavy atom. The maximum atomic E-state index is 12.1. The van der Waals surface area contributed by atoms with Crippen LogP contribution in [0.2, 0.25) is 0 Å². The number of nitrogens with one attached hydrogen (secondary N) is 1. The van der Waals surface area contributed by atoms with Gasteiger partial charge in [0.1, 0.15) is 0 Å². The average molecular weight is 266 g/mol. The molecule has 6 nitrogen and oxygen atoms in total. The molecule has 1 aromatic rings. The zero-order chi connectivity index (χ0) is 13.9. The fraction of sp³-hybridized carbons (Fsp3) is 0.333. The van der Waals surface area contributed by atoms with Crippen LogP contribution in [-0.4, -0.2) is 22.4 Å². The fourth-order valence-electron chi connectivity index (χ4n) is 1.34. The van der Waals surface area contributed by atoms with E-state index < -0.39 is 30.1 Å². The van der Waals surface area contributed by atoms with Crippen molar-refractivity contribution in [3.63, 3.8) is 0 Å². The van der Waals surface area contributed by atoms with Crippen molar-refractivity contribution in [3.05, 3.63) is 27.7 Å². The Kier molecular flexibility index (Phi) is 3.96. The van der Waals surface area contributed by atoms with Crippen molar-refractivity contribution in [3.8, 4) is 5.75 Å². The first kappa shape index (κ1) is 14.0. The number of carbonyl (C=O) groups is 1. The minimum atomic E-state index is -5.09. The van der Waals surface area contributed by atoms with Crippen LogP contribution in [0.3, 0.4) is 0 Å². The largest absolute Gasteiger partial charge is 0.573 e. The van der Waals surface area contributed by atoms with E-state index in [1.165, 1.54) is 0 Å². The van der Waals surface area contributed by atoms with E-state index in [1.807, 2.05) is 4.98 Å². The zero-order valence-electron chi connectivity index (χ0n) is 8.87. The number of carboxylic acid groups (broad SMARTS) is 1. The van der Waals surface area contributed by atoms with Crippen molar-refractivity contribution in [2.45, 2.75) is 19.3 Å². The van der Waals surface area contributed by atoms with Gasteiger partial charge in [0.15, 0.2) is 5.75 Å². The summed E-state index contributed by atoms with van der Waals surface area (Å²) in [6, 6.07) is 0. The van der Waals surface area contributed by atoms with Gasteiger partial charge in [0.25, 0.3) is 5.56 Å². The number of carboxylic acids is 1. The van der Waals surface area contributed by atoms with Gasteiger partial charge in [-0.1, -0.05) is 0 Å². The molecule has 0 amide bonds.